The number of likely N-dealkylation sites (N-methyl/N-ethyl adjacent to an activating group) is 1. The third kappa shape index (κ3) is 3.54. The van der Waals surface area contributed by atoms with E-state index in [0.717, 1.165) is 24.6 Å². The molecule has 136 valence electrons. The summed E-state index contributed by atoms with van der Waals surface area (Å²) in [6, 6.07) is 2.06. The third-order valence-electron chi connectivity index (χ3n) is 4.47. The van der Waals surface area contributed by atoms with Gasteiger partial charge in [0.05, 0.1) is 12.2 Å². The molecule has 0 radical (unpaired) electrons. The fourth-order valence-corrected chi connectivity index (χ4v) is 2.84. The maximum Gasteiger partial charge on any atom is 0.435 e. The number of nitrogens with zero attached hydrogens (tertiary/aromatic N) is 5. The number of halogens is 3. The zero-order valence-corrected chi connectivity index (χ0v) is 14.3. The minimum absolute atomic E-state index is 0.0567. The molecule has 6 nitrogen and oxygen atoms in total. The summed E-state index contributed by atoms with van der Waals surface area (Å²) in [4.78, 5) is 14.2. The topological polar surface area (TPSA) is 56.0 Å². The number of carbonyl (C=O) groups excluding carboxylic acids is 1. The van der Waals surface area contributed by atoms with Gasteiger partial charge in [0.1, 0.15) is 6.04 Å². The van der Waals surface area contributed by atoms with Crippen LogP contribution in [-0.2, 0) is 24.6 Å². The molecule has 2 aromatic rings. The number of aromatic nitrogens is 4. The van der Waals surface area contributed by atoms with E-state index < -0.39 is 17.9 Å². The fraction of sp³-hybridized carbons (Fsp3) is 0.562. The van der Waals surface area contributed by atoms with Crippen LogP contribution < -0.4 is 0 Å². The molecule has 25 heavy (non-hydrogen) atoms. The van der Waals surface area contributed by atoms with Crippen molar-refractivity contribution < 1.29 is 18.0 Å². The standard InChI is InChI=1S/C16H20F3N5O/c1-10(15(25)22(2)9-12-6-7-20-23(12)3)24-13(11-4-5-11)8-14(21-24)16(17,18)19/h6-8,10-11H,4-5,9H2,1-3H3. The lowest BCUT2D eigenvalue weighted by Gasteiger charge is -2.23. The summed E-state index contributed by atoms with van der Waals surface area (Å²) in [5, 5.41) is 7.73. The first-order valence-corrected chi connectivity index (χ1v) is 8.07. The van der Waals surface area contributed by atoms with Crippen LogP contribution in [0.4, 0.5) is 13.2 Å². The summed E-state index contributed by atoms with van der Waals surface area (Å²) in [5.74, 6) is -0.235. The van der Waals surface area contributed by atoms with Gasteiger partial charge >= 0.3 is 6.18 Å². The number of rotatable bonds is 5. The highest BCUT2D eigenvalue weighted by atomic mass is 19.4. The molecule has 0 N–H and O–H groups in total. The summed E-state index contributed by atoms with van der Waals surface area (Å²) in [6.45, 7) is 1.91. The fourth-order valence-electron chi connectivity index (χ4n) is 2.84. The second kappa shape index (κ2) is 6.20. The molecular formula is C16H20F3N5O. The monoisotopic (exact) mass is 355 g/mol. The van der Waals surface area contributed by atoms with Crippen molar-refractivity contribution in [2.24, 2.45) is 7.05 Å². The molecule has 1 aliphatic carbocycles. The van der Waals surface area contributed by atoms with Gasteiger partial charge in [0.2, 0.25) is 5.91 Å². The highest BCUT2D eigenvalue weighted by Gasteiger charge is 2.39. The average Bonchev–Trinajstić information content (AvgIpc) is 3.15. The largest absolute Gasteiger partial charge is 0.435 e. The molecule has 9 heteroatoms. The molecule has 1 atom stereocenters. The van der Waals surface area contributed by atoms with Gasteiger partial charge in [-0.15, -0.1) is 0 Å². The molecule has 0 aromatic carbocycles. The van der Waals surface area contributed by atoms with E-state index in [1.807, 2.05) is 0 Å². The molecule has 1 fully saturated rings. The van der Waals surface area contributed by atoms with Crippen LogP contribution in [0.5, 0.6) is 0 Å². The lowest BCUT2D eigenvalue weighted by atomic mass is 10.2. The molecule has 1 saturated carbocycles. The lowest BCUT2D eigenvalue weighted by Crippen LogP contribution is -2.34. The molecule has 1 amide bonds. The molecule has 1 aliphatic rings. The number of carbonyl (C=O) groups is 1. The van der Waals surface area contributed by atoms with Crippen LogP contribution in [0.25, 0.3) is 0 Å². The molecule has 0 bridgehead atoms. The first kappa shape index (κ1) is 17.5. The van der Waals surface area contributed by atoms with Crippen molar-refractivity contribution in [3.8, 4) is 0 Å². The van der Waals surface area contributed by atoms with Gasteiger partial charge < -0.3 is 4.90 Å². The second-order valence-electron chi connectivity index (χ2n) is 6.49. The van der Waals surface area contributed by atoms with E-state index in [0.29, 0.717) is 12.2 Å². The van der Waals surface area contributed by atoms with Crippen LogP contribution in [0.1, 0.15) is 48.8 Å². The first-order chi connectivity index (χ1) is 11.7. The van der Waals surface area contributed by atoms with Crippen LogP contribution in [0.3, 0.4) is 0 Å². The van der Waals surface area contributed by atoms with Gasteiger partial charge in [-0.3, -0.25) is 14.2 Å². The Morgan fingerprint density at radius 3 is 2.64 bits per heavy atom. The van der Waals surface area contributed by atoms with Crippen molar-refractivity contribution in [2.75, 3.05) is 7.05 Å². The molecule has 0 saturated heterocycles. The van der Waals surface area contributed by atoms with Crippen molar-refractivity contribution >= 4 is 5.91 Å². The van der Waals surface area contributed by atoms with Crippen LogP contribution in [0.15, 0.2) is 18.3 Å². The van der Waals surface area contributed by atoms with Gasteiger partial charge in [-0.1, -0.05) is 0 Å². The summed E-state index contributed by atoms with van der Waals surface area (Å²) in [5.41, 5.74) is 0.382. The smallest absolute Gasteiger partial charge is 0.338 e. The van der Waals surface area contributed by atoms with Gasteiger partial charge in [-0.05, 0) is 31.9 Å². The zero-order chi connectivity index (χ0) is 18.4. The highest BCUT2D eigenvalue weighted by Crippen LogP contribution is 2.43. The Labute approximate surface area is 143 Å². The first-order valence-electron chi connectivity index (χ1n) is 8.07. The predicted molar refractivity (Wildman–Crippen MR) is 83.6 cm³/mol. The Kier molecular flexibility index (Phi) is 4.34. The highest BCUT2D eigenvalue weighted by molar-refractivity contribution is 5.79. The second-order valence-corrected chi connectivity index (χ2v) is 6.49. The van der Waals surface area contributed by atoms with E-state index in [1.54, 1.807) is 38.0 Å². The van der Waals surface area contributed by atoms with Crippen molar-refractivity contribution in [1.82, 2.24) is 24.5 Å². The summed E-state index contributed by atoms with van der Waals surface area (Å²) in [7, 11) is 3.39. The molecule has 1 unspecified atom stereocenters. The molecule has 2 aromatic heterocycles. The van der Waals surface area contributed by atoms with Crippen molar-refractivity contribution in [3.05, 3.63) is 35.4 Å². The number of hydrogen-bond donors (Lipinski definition) is 0. The van der Waals surface area contributed by atoms with Crippen molar-refractivity contribution in [2.45, 2.75) is 44.4 Å². The number of aryl methyl sites for hydroxylation is 1. The Hall–Kier alpha value is -2.32. The van der Waals surface area contributed by atoms with Gasteiger partial charge in [0.15, 0.2) is 5.69 Å². The Morgan fingerprint density at radius 1 is 1.44 bits per heavy atom. The van der Waals surface area contributed by atoms with E-state index in [2.05, 4.69) is 10.2 Å². The van der Waals surface area contributed by atoms with Crippen molar-refractivity contribution in [1.29, 1.82) is 0 Å². The molecule has 2 heterocycles. The van der Waals surface area contributed by atoms with Crippen LogP contribution in [-0.4, -0.2) is 37.4 Å². The van der Waals surface area contributed by atoms with Gasteiger partial charge in [0.25, 0.3) is 0 Å². The third-order valence-corrected chi connectivity index (χ3v) is 4.47. The summed E-state index contributed by atoms with van der Waals surface area (Å²) < 4.78 is 41.9. The Bertz CT molecular complexity index is 775. The van der Waals surface area contributed by atoms with E-state index in [-0.39, 0.29) is 11.8 Å². The number of amides is 1. The van der Waals surface area contributed by atoms with Crippen LogP contribution >= 0.6 is 0 Å². The van der Waals surface area contributed by atoms with E-state index in [1.165, 1.54) is 9.58 Å². The Balaban J connectivity index is 1.82. The van der Waals surface area contributed by atoms with Gasteiger partial charge in [-0.25, -0.2) is 0 Å². The predicted octanol–water partition coefficient (Wildman–Crippen LogP) is 2.73. The van der Waals surface area contributed by atoms with E-state index in [9.17, 15) is 18.0 Å². The van der Waals surface area contributed by atoms with Crippen LogP contribution in [0.2, 0.25) is 0 Å². The number of alkyl halides is 3. The minimum Gasteiger partial charge on any atom is -0.338 e. The molecular weight excluding hydrogens is 335 g/mol. The maximum absolute atomic E-state index is 13.0. The summed E-state index contributed by atoms with van der Waals surface area (Å²) >= 11 is 0. The minimum atomic E-state index is -4.52. The molecule has 0 aliphatic heterocycles. The maximum atomic E-state index is 13.0. The van der Waals surface area contributed by atoms with E-state index >= 15 is 0 Å². The lowest BCUT2D eigenvalue weighted by molar-refractivity contribution is -0.142. The SMILES string of the molecule is CC(C(=O)N(C)Cc1ccnn1C)n1nc(C(F)(F)F)cc1C1CC1. The quantitative estimate of drug-likeness (QED) is 0.829. The van der Waals surface area contributed by atoms with E-state index in [4.69, 9.17) is 0 Å². The number of hydrogen-bond acceptors (Lipinski definition) is 3. The van der Waals surface area contributed by atoms with Crippen molar-refractivity contribution in [3.63, 3.8) is 0 Å². The van der Waals surface area contributed by atoms with Gasteiger partial charge in [-0.2, -0.15) is 23.4 Å². The Morgan fingerprint density at radius 2 is 2.12 bits per heavy atom. The molecule has 0 spiro atoms. The average molecular weight is 355 g/mol. The van der Waals surface area contributed by atoms with Crippen LogP contribution in [0, 0.1) is 0 Å². The summed E-state index contributed by atoms with van der Waals surface area (Å²) in [6.07, 6.45) is -1.23. The zero-order valence-electron chi connectivity index (χ0n) is 14.3. The normalized spacial score (nSPS) is 16.1. The van der Waals surface area contributed by atoms with Gasteiger partial charge in [0, 0.05) is 31.9 Å². The molecule has 3 rings (SSSR count).